The van der Waals surface area contributed by atoms with Crippen LogP contribution in [0.3, 0.4) is 0 Å². The van der Waals surface area contributed by atoms with Crippen molar-refractivity contribution in [2.75, 3.05) is 12.4 Å². The first-order chi connectivity index (χ1) is 8.95. The highest BCUT2D eigenvalue weighted by molar-refractivity contribution is 8.00. The Morgan fingerprint density at radius 1 is 1.26 bits per heavy atom. The van der Waals surface area contributed by atoms with E-state index >= 15 is 0 Å². The highest BCUT2D eigenvalue weighted by atomic mass is 32.2. The van der Waals surface area contributed by atoms with Crippen LogP contribution in [-0.2, 0) is 9.53 Å². The Balaban J connectivity index is 2.05. The van der Waals surface area contributed by atoms with Gasteiger partial charge in [-0.15, -0.1) is 11.8 Å². The third kappa shape index (κ3) is 2.87. The van der Waals surface area contributed by atoms with E-state index in [-0.39, 0.29) is 0 Å². The van der Waals surface area contributed by atoms with Crippen molar-refractivity contribution in [2.24, 2.45) is 0 Å². The zero-order valence-electron chi connectivity index (χ0n) is 9.92. The number of aliphatic hydroxyl groups excluding tert-OH is 4. The third-order valence-corrected chi connectivity index (χ3v) is 4.62. The molecule has 7 atom stereocenters. The molecular weight excluding hydrogens is 278 g/mol. The lowest BCUT2D eigenvalue weighted by Crippen LogP contribution is -2.62. The van der Waals surface area contributed by atoms with Crippen LogP contribution in [0.2, 0.25) is 0 Å². The second-order valence-corrected chi connectivity index (χ2v) is 5.78. The quantitative estimate of drug-likeness (QED) is 0.320. The van der Waals surface area contributed by atoms with Crippen LogP contribution in [0.15, 0.2) is 0 Å². The minimum absolute atomic E-state index is 0.315. The van der Waals surface area contributed by atoms with Crippen LogP contribution in [0.25, 0.3) is 0 Å². The first kappa shape index (κ1) is 15.0. The number of carboxylic acids is 1. The molecule has 0 spiro atoms. The molecule has 110 valence electrons. The van der Waals surface area contributed by atoms with Gasteiger partial charge in [0.25, 0.3) is 0 Å². The van der Waals surface area contributed by atoms with E-state index in [0.29, 0.717) is 5.75 Å². The van der Waals surface area contributed by atoms with Gasteiger partial charge < -0.3 is 30.3 Å². The van der Waals surface area contributed by atoms with Gasteiger partial charge in [0.1, 0.15) is 36.6 Å². The van der Waals surface area contributed by atoms with Gasteiger partial charge in [-0.3, -0.25) is 10.1 Å². The van der Waals surface area contributed by atoms with Gasteiger partial charge in [-0.1, -0.05) is 0 Å². The van der Waals surface area contributed by atoms with Crippen LogP contribution in [0.4, 0.5) is 0 Å². The van der Waals surface area contributed by atoms with Crippen LogP contribution >= 0.6 is 11.8 Å². The first-order valence-corrected chi connectivity index (χ1v) is 6.91. The lowest BCUT2D eigenvalue weighted by atomic mass is 9.95. The Hall–Kier alpha value is -0.420. The number of nitrogens with one attached hydrogen (secondary N) is 1. The van der Waals surface area contributed by atoms with E-state index in [0.717, 1.165) is 0 Å². The zero-order chi connectivity index (χ0) is 14.2. The molecule has 2 aliphatic rings. The normalized spacial score (nSPS) is 47.3. The Kier molecular flexibility index (Phi) is 4.66. The number of carboxylic acid groups (broad SMARTS) is 1. The van der Waals surface area contributed by atoms with Crippen LogP contribution in [0.5, 0.6) is 0 Å². The fourth-order valence-corrected chi connectivity index (χ4v) is 3.52. The Bertz CT molecular complexity index is 342. The number of thioether (sulfide) groups is 1. The summed E-state index contributed by atoms with van der Waals surface area (Å²) in [6.07, 6.45) is -6.07. The number of ether oxygens (including phenoxy) is 1. The maximum absolute atomic E-state index is 10.8. The van der Waals surface area contributed by atoms with E-state index in [1.807, 2.05) is 0 Å². The van der Waals surface area contributed by atoms with Gasteiger partial charge in [-0.25, -0.2) is 0 Å². The summed E-state index contributed by atoms with van der Waals surface area (Å²) in [6.45, 7) is -0.499. The number of hydrogen-bond donors (Lipinski definition) is 6. The fourth-order valence-electron chi connectivity index (χ4n) is 2.21. The smallest absolute Gasteiger partial charge is 0.321 e. The second kappa shape index (κ2) is 5.92. The van der Waals surface area contributed by atoms with E-state index < -0.39 is 54.5 Å². The van der Waals surface area contributed by atoms with Crippen LogP contribution in [0.1, 0.15) is 0 Å². The average molecular weight is 295 g/mol. The largest absolute Gasteiger partial charge is 0.480 e. The highest BCUT2D eigenvalue weighted by Gasteiger charge is 2.48. The van der Waals surface area contributed by atoms with Crippen molar-refractivity contribution < 1.29 is 35.1 Å². The van der Waals surface area contributed by atoms with E-state index in [2.05, 4.69) is 5.32 Å². The number of aliphatic hydroxyl groups is 4. The molecule has 3 unspecified atom stereocenters. The summed E-state index contributed by atoms with van der Waals surface area (Å²) in [7, 11) is 0. The topological polar surface area (TPSA) is 139 Å². The highest BCUT2D eigenvalue weighted by Crippen LogP contribution is 2.31. The lowest BCUT2D eigenvalue weighted by Gasteiger charge is -2.42. The molecule has 0 aliphatic carbocycles. The molecule has 9 heteroatoms. The second-order valence-electron chi connectivity index (χ2n) is 4.60. The van der Waals surface area contributed by atoms with Gasteiger partial charge in [0.05, 0.1) is 12.0 Å². The molecule has 0 aromatic rings. The maximum atomic E-state index is 10.8. The monoisotopic (exact) mass is 295 g/mol. The van der Waals surface area contributed by atoms with Gasteiger partial charge >= 0.3 is 5.97 Å². The molecule has 2 heterocycles. The number of hydrogen-bond acceptors (Lipinski definition) is 8. The van der Waals surface area contributed by atoms with Crippen molar-refractivity contribution in [1.29, 1.82) is 0 Å². The molecule has 0 amide bonds. The van der Waals surface area contributed by atoms with Crippen LogP contribution in [0, 0.1) is 0 Å². The summed E-state index contributed by atoms with van der Waals surface area (Å²) < 4.78 is 5.36. The molecule has 6 N–H and O–H groups in total. The average Bonchev–Trinajstić information content (AvgIpc) is 2.86. The molecule has 0 saturated carbocycles. The Morgan fingerprint density at radius 2 is 1.95 bits per heavy atom. The fraction of sp³-hybridized carbons (Fsp3) is 0.900. The molecule has 0 aromatic carbocycles. The van der Waals surface area contributed by atoms with E-state index in [1.165, 1.54) is 11.8 Å². The predicted octanol–water partition coefficient (Wildman–Crippen LogP) is -3.06. The molecule has 2 fully saturated rings. The number of aliphatic carboxylic acids is 1. The minimum atomic E-state index is -1.44. The third-order valence-electron chi connectivity index (χ3n) is 3.33. The molecule has 8 nitrogen and oxygen atoms in total. The molecule has 19 heavy (non-hydrogen) atoms. The molecule has 0 radical (unpaired) electrons. The van der Waals surface area contributed by atoms with E-state index in [4.69, 9.17) is 14.9 Å². The van der Waals surface area contributed by atoms with Gasteiger partial charge in [0.2, 0.25) is 0 Å². The summed E-state index contributed by atoms with van der Waals surface area (Å²) in [5.74, 6) is -0.686. The minimum Gasteiger partial charge on any atom is -0.480 e. The summed E-state index contributed by atoms with van der Waals surface area (Å²) in [5.41, 5.74) is 0. The summed E-state index contributed by atoms with van der Waals surface area (Å²) >= 11 is 1.25. The van der Waals surface area contributed by atoms with Crippen molar-refractivity contribution in [1.82, 2.24) is 5.32 Å². The standard InChI is InChI=1S/C10H17NO7S/c12-1-4-5(13)6(14)7(15)8(18-4)9-11-3(2-19-9)10(16)17/h3-9,11-15H,1-2H2,(H,16,17)/t3?,4-,5+,6+,7-,8?,9?/m1/s1. The zero-order valence-corrected chi connectivity index (χ0v) is 10.7. The van der Waals surface area contributed by atoms with Crippen LogP contribution in [-0.4, -0.2) is 85.8 Å². The van der Waals surface area contributed by atoms with Gasteiger partial charge in [0.15, 0.2) is 0 Å². The predicted molar refractivity (Wildman–Crippen MR) is 64.6 cm³/mol. The van der Waals surface area contributed by atoms with E-state index in [1.54, 1.807) is 0 Å². The Morgan fingerprint density at radius 3 is 2.47 bits per heavy atom. The summed E-state index contributed by atoms with van der Waals surface area (Å²) in [5, 5.41) is 49.4. The number of carbonyl (C=O) groups is 1. The molecule has 2 aliphatic heterocycles. The van der Waals surface area contributed by atoms with Gasteiger partial charge in [-0.2, -0.15) is 0 Å². The summed E-state index contributed by atoms with van der Waals surface area (Å²) in [4.78, 5) is 10.8. The summed E-state index contributed by atoms with van der Waals surface area (Å²) in [6, 6.07) is -0.748. The van der Waals surface area contributed by atoms with Crippen molar-refractivity contribution >= 4 is 17.7 Å². The van der Waals surface area contributed by atoms with Crippen molar-refractivity contribution in [3.63, 3.8) is 0 Å². The lowest BCUT2D eigenvalue weighted by molar-refractivity contribution is -0.229. The first-order valence-electron chi connectivity index (χ1n) is 5.86. The van der Waals surface area contributed by atoms with Crippen molar-refractivity contribution in [3.05, 3.63) is 0 Å². The van der Waals surface area contributed by atoms with Crippen molar-refractivity contribution in [2.45, 2.75) is 41.9 Å². The van der Waals surface area contributed by atoms with E-state index in [9.17, 15) is 20.1 Å². The van der Waals surface area contributed by atoms with Gasteiger partial charge in [-0.05, 0) is 0 Å². The van der Waals surface area contributed by atoms with Gasteiger partial charge in [0, 0.05) is 5.75 Å². The van der Waals surface area contributed by atoms with Crippen LogP contribution < -0.4 is 5.32 Å². The SMILES string of the molecule is O=C(O)C1CSC(C2O[C@H](CO)[C@H](O)[C@H](O)[C@H]2O)N1. The molecule has 2 saturated heterocycles. The molecular formula is C10H17NO7S. The Labute approximate surface area is 113 Å². The molecule has 0 aromatic heterocycles. The molecule has 0 bridgehead atoms. The maximum Gasteiger partial charge on any atom is 0.321 e. The molecule has 2 rings (SSSR count). The van der Waals surface area contributed by atoms with Crippen molar-refractivity contribution in [3.8, 4) is 0 Å². The number of rotatable bonds is 3.